The van der Waals surface area contributed by atoms with Crippen LogP contribution >= 0.6 is 11.6 Å². The van der Waals surface area contributed by atoms with Gasteiger partial charge in [0.15, 0.2) is 5.65 Å². The molecular weight excluding hydrogens is 445 g/mol. The highest BCUT2D eigenvalue weighted by atomic mass is 35.5. The van der Waals surface area contributed by atoms with Crippen molar-refractivity contribution in [1.29, 1.82) is 0 Å². The van der Waals surface area contributed by atoms with Crippen molar-refractivity contribution < 1.29 is 14.0 Å². The Morgan fingerprint density at radius 1 is 1.12 bits per heavy atom. The Kier molecular flexibility index (Phi) is 4.97. The normalized spacial score (nSPS) is 23.8. The molecule has 2 saturated carbocycles. The van der Waals surface area contributed by atoms with E-state index in [0.717, 1.165) is 11.4 Å². The minimum Gasteiger partial charge on any atom is -0.346 e. The molecule has 2 aliphatic carbocycles. The summed E-state index contributed by atoms with van der Waals surface area (Å²) in [5.41, 5.74) is 2.49. The van der Waals surface area contributed by atoms with Gasteiger partial charge in [-0.1, -0.05) is 11.6 Å². The molecule has 0 saturated heterocycles. The van der Waals surface area contributed by atoms with Crippen LogP contribution in [0.1, 0.15) is 59.4 Å². The van der Waals surface area contributed by atoms with Gasteiger partial charge in [0, 0.05) is 16.9 Å². The number of carbonyl (C=O) groups is 2. The molecule has 5 rings (SSSR count). The highest BCUT2D eigenvalue weighted by Crippen LogP contribution is 2.57. The number of benzene rings is 1. The Labute approximate surface area is 195 Å². The van der Waals surface area contributed by atoms with E-state index in [1.165, 1.54) is 6.07 Å². The van der Waals surface area contributed by atoms with Crippen LogP contribution in [0.15, 0.2) is 24.4 Å². The molecule has 172 valence electrons. The second-order valence-electron chi connectivity index (χ2n) is 9.56. The summed E-state index contributed by atoms with van der Waals surface area (Å²) in [6.07, 6.45) is 4.87. The minimum absolute atomic E-state index is 0.132. The molecule has 7 nitrogen and oxygen atoms in total. The van der Waals surface area contributed by atoms with Crippen molar-refractivity contribution in [3.63, 3.8) is 0 Å². The SMILES string of the molecule is Cc1cc(C)n2ncc(C(=O)NC34CCC(C(=O)Nc5cc(C)c(F)cc5Cl)(CC3)C4)c2n1. The number of hydrogen-bond donors (Lipinski definition) is 2. The molecule has 9 heteroatoms. The van der Waals surface area contributed by atoms with E-state index in [-0.39, 0.29) is 16.8 Å². The number of nitrogens with one attached hydrogen (secondary N) is 2. The summed E-state index contributed by atoms with van der Waals surface area (Å²) in [6.45, 7) is 5.44. The van der Waals surface area contributed by atoms with Crippen LogP contribution in [0.5, 0.6) is 0 Å². The van der Waals surface area contributed by atoms with Gasteiger partial charge in [-0.25, -0.2) is 13.9 Å². The third-order valence-corrected chi connectivity index (χ3v) is 7.53. The summed E-state index contributed by atoms with van der Waals surface area (Å²) in [7, 11) is 0. The van der Waals surface area contributed by atoms with Crippen LogP contribution in [0.25, 0.3) is 5.65 Å². The van der Waals surface area contributed by atoms with Gasteiger partial charge >= 0.3 is 0 Å². The zero-order chi connectivity index (χ0) is 23.5. The summed E-state index contributed by atoms with van der Waals surface area (Å²) in [5, 5.41) is 10.6. The smallest absolute Gasteiger partial charge is 0.257 e. The zero-order valence-corrected chi connectivity index (χ0v) is 19.5. The fourth-order valence-corrected chi connectivity index (χ4v) is 5.63. The largest absolute Gasteiger partial charge is 0.346 e. The monoisotopic (exact) mass is 469 g/mol. The van der Waals surface area contributed by atoms with Gasteiger partial charge in [-0.3, -0.25) is 9.59 Å². The van der Waals surface area contributed by atoms with Crippen molar-refractivity contribution >= 4 is 34.7 Å². The first kappa shape index (κ1) is 21.8. The number of carbonyl (C=O) groups excluding carboxylic acids is 2. The zero-order valence-electron chi connectivity index (χ0n) is 18.8. The van der Waals surface area contributed by atoms with Crippen LogP contribution in [0, 0.1) is 32.0 Å². The first-order valence-electron chi connectivity index (χ1n) is 11.0. The van der Waals surface area contributed by atoms with Crippen molar-refractivity contribution in [2.45, 2.75) is 58.4 Å². The fourth-order valence-electron chi connectivity index (χ4n) is 5.43. The highest BCUT2D eigenvalue weighted by molar-refractivity contribution is 6.33. The van der Waals surface area contributed by atoms with E-state index in [0.29, 0.717) is 54.6 Å². The van der Waals surface area contributed by atoms with Gasteiger partial charge in [-0.05, 0) is 76.6 Å². The van der Waals surface area contributed by atoms with Crippen molar-refractivity contribution in [3.05, 3.63) is 57.8 Å². The highest BCUT2D eigenvalue weighted by Gasteiger charge is 2.58. The second kappa shape index (κ2) is 7.52. The molecule has 0 spiro atoms. The van der Waals surface area contributed by atoms with Crippen LogP contribution in [-0.2, 0) is 4.79 Å². The lowest BCUT2D eigenvalue weighted by Gasteiger charge is -2.28. The van der Waals surface area contributed by atoms with Gasteiger partial charge in [0.25, 0.3) is 5.91 Å². The maximum absolute atomic E-state index is 13.7. The lowest BCUT2D eigenvalue weighted by atomic mass is 9.83. The third kappa shape index (κ3) is 3.57. The van der Waals surface area contributed by atoms with Crippen LogP contribution < -0.4 is 10.6 Å². The van der Waals surface area contributed by atoms with E-state index in [1.807, 2.05) is 19.9 Å². The summed E-state index contributed by atoms with van der Waals surface area (Å²) >= 11 is 6.15. The van der Waals surface area contributed by atoms with Gasteiger partial charge in [0.2, 0.25) is 5.91 Å². The van der Waals surface area contributed by atoms with Crippen molar-refractivity contribution in [3.8, 4) is 0 Å². The molecular formula is C24H25ClFN5O2. The number of anilines is 1. The summed E-state index contributed by atoms with van der Waals surface area (Å²) in [5.74, 6) is -0.766. The first-order chi connectivity index (χ1) is 15.6. The average molecular weight is 470 g/mol. The molecule has 2 aromatic heterocycles. The maximum Gasteiger partial charge on any atom is 0.257 e. The van der Waals surface area contributed by atoms with E-state index in [4.69, 9.17) is 11.6 Å². The Bertz CT molecular complexity index is 1310. The van der Waals surface area contributed by atoms with Crippen molar-refractivity contribution in [2.24, 2.45) is 5.41 Å². The Hall–Kier alpha value is -3.00. The maximum atomic E-state index is 13.7. The van der Waals surface area contributed by atoms with Crippen LogP contribution in [0.4, 0.5) is 10.1 Å². The lowest BCUT2D eigenvalue weighted by molar-refractivity contribution is -0.125. The van der Waals surface area contributed by atoms with Crippen LogP contribution in [0.2, 0.25) is 5.02 Å². The summed E-state index contributed by atoms with van der Waals surface area (Å²) < 4.78 is 15.4. The van der Waals surface area contributed by atoms with E-state index in [9.17, 15) is 14.0 Å². The molecule has 2 aliphatic rings. The Balaban J connectivity index is 1.34. The number of aryl methyl sites for hydroxylation is 3. The number of fused-ring (bicyclic) bond motifs is 3. The van der Waals surface area contributed by atoms with Crippen LogP contribution in [-0.4, -0.2) is 32.0 Å². The average Bonchev–Trinajstić information content (AvgIpc) is 3.44. The fraction of sp³-hybridized carbons (Fsp3) is 0.417. The van der Waals surface area contributed by atoms with E-state index >= 15 is 0 Å². The van der Waals surface area contributed by atoms with Gasteiger partial charge < -0.3 is 10.6 Å². The van der Waals surface area contributed by atoms with Gasteiger partial charge in [0.1, 0.15) is 11.4 Å². The predicted octanol–water partition coefficient (Wildman–Crippen LogP) is 4.52. The molecule has 2 amide bonds. The van der Waals surface area contributed by atoms with Gasteiger partial charge in [-0.2, -0.15) is 5.10 Å². The van der Waals surface area contributed by atoms with E-state index < -0.39 is 16.8 Å². The Morgan fingerprint density at radius 2 is 1.85 bits per heavy atom. The number of halogens is 2. The molecule has 2 bridgehead atoms. The number of aromatic nitrogens is 3. The molecule has 0 radical (unpaired) electrons. The number of nitrogens with zero attached hydrogens (tertiary/aromatic N) is 3. The Morgan fingerprint density at radius 3 is 2.58 bits per heavy atom. The molecule has 0 aliphatic heterocycles. The lowest BCUT2D eigenvalue weighted by Crippen LogP contribution is -2.45. The molecule has 2 fully saturated rings. The third-order valence-electron chi connectivity index (χ3n) is 7.22. The molecule has 2 heterocycles. The van der Waals surface area contributed by atoms with E-state index in [2.05, 4.69) is 20.7 Å². The van der Waals surface area contributed by atoms with Crippen LogP contribution in [0.3, 0.4) is 0 Å². The van der Waals surface area contributed by atoms with Gasteiger partial charge in [0.05, 0.1) is 22.3 Å². The minimum atomic E-state index is -0.578. The number of hydrogen-bond acceptors (Lipinski definition) is 4. The van der Waals surface area contributed by atoms with E-state index in [1.54, 1.807) is 23.7 Å². The predicted molar refractivity (Wildman–Crippen MR) is 123 cm³/mol. The first-order valence-corrected chi connectivity index (χ1v) is 11.4. The topological polar surface area (TPSA) is 88.4 Å². The number of amides is 2. The molecule has 0 atom stereocenters. The molecule has 3 aromatic rings. The molecule has 1 aromatic carbocycles. The second-order valence-corrected chi connectivity index (χ2v) is 9.97. The molecule has 2 N–H and O–H groups in total. The molecule has 0 unspecified atom stereocenters. The van der Waals surface area contributed by atoms with Crippen molar-refractivity contribution in [2.75, 3.05) is 5.32 Å². The van der Waals surface area contributed by atoms with Gasteiger partial charge in [-0.15, -0.1) is 0 Å². The quantitative estimate of drug-likeness (QED) is 0.588. The molecule has 33 heavy (non-hydrogen) atoms. The standard InChI is InChI=1S/C24H25ClFN5O2/c1-13-8-19(17(25)10-18(13)26)29-22(33)23-4-6-24(12-23,7-5-23)30-21(32)16-11-27-31-15(3)9-14(2)28-20(16)31/h8-11H,4-7,12H2,1-3H3,(H,29,33)(H,30,32). The summed E-state index contributed by atoms with van der Waals surface area (Å²) in [4.78, 5) is 30.9. The van der Waals surface area contributed by atoms with Crippen molar-refractivity contribution in [1.82, 2.24) is 19.9 Å². The number of rotatable bonds is 4. The summed E-state index contributed by atoms with van der Waals surface area (Å²) in [6, 6.07) is 4.68.